The van der Waals surface area contributed by atoms with Gasteiger partial charge in [-0.25, -0.2) is 0 Å². The number of allylic oxidation sites excluding steroid dienone is 2. The maximum Gasteiger partial charge on any atom is 0.138 e. The van der Waals surface area contributed by atoms with Crippen LogP contribution >= 0.6 is 11.6 Å². The summed E-state index contributed by atoms with van der Waals surface area (Å²) in [5.41, 5.74) is 0.442. The molecule has 2 fully saturated rings. The average Bonchev–Trinajstić information content (AvgIpc) is 2.72. The first kappa shape index (κ1) is 6.97. The first-order valence-corrected chi connectivity index (χ1v) is 4.88. The lowest BCUT2D eigenvalue weighted by molar-refractivity contribution is 0.396. The van der Waals surface area contributed by atoms with E-state index < -0.39 is 4.87 Å². The SMILES string of the molecule is N#C[C@]1(Cl)C[C@H]2C=C[C@@H]1C21CC1. The molecule has 0 radical (unpaired) electrons. The number of hydrogen-bond acceptors (Lipinski definition) is 1. The van der Waals surface area contributed by atoms with E-state index in [0.29, 0.717) is 17.3 Å². The third-order valence-electron chi connectivity index (χ3n) is 3.92. The van der Waals surface area contributed by atoms with Crippen LogP contribution in [0.4, 0.5) is 0 Å². The normalized spacial score (nSPS) is 51.3. The largest absolute Gasteiger partial charge is 0.196 e. The highest BCUT2D eigenvalue weighted by Gasteiger charge is 2.68. The zero-order chi connectivity index (χ0) is 8.40. The fraction of sp³-hybridized carbons (Fsp3) is 0.700. The zero-order valence-electron chi connectivity index (χ0n) is 6.76. The third kappa shape index (κ3) is 0.548. The van der Waals surface area contributed by atoms with Gasteiger partial charge in [-0.05, 0) is 30.6 Å². The first-order valence-electron chi connectivity index (χ1n) is 4.50. The molecule has 0 aromatic rings. The summed E-state index contributed by atoms with van der Waals surface area (Å²) in [5.74, 6) is 0.960. The summed E-state index contributed by atoms with van der Waals surface area (Å²) < 4.78 is 0. The van der Waals surface area contributed by atoms with Crippen molar-refractivity contribution in [2.75, 3.05) is 0 Å². The van der Waals surface area contributed by atoms with Gasteiger partial charge in [0.05, 0.1) is 6.07 Å². The third-order valence-corrected chi connectivity index (χ3v) is 4.39. The van der Waals surface area contributed by atoms with Crippen molar-refractivity contribution >= 4 is 11.6 Å². The second kappa shape index (κ2) is 1.72. The maximum absolute atomic E-state index is 8.99. The second-order valence-electron chi connectivity index (χ2n) is 4.38. The summed E-state index contributed by atoms with van der Waals surface area (Å²) in [7, 11) is 0. The molecule has 0 aromatic carbocycles. The lowest BCUT2D eigenvalue weighted by Gasteiger charge is -2.21. The van der Waals surface area contributed by atoms with Gasteiger partial charge in [-0.3, -0.25) is 0 Å². The van der Waals surface area contributed by atoms with Crippen LogP contribution in [0.5, 0.6) is 0 Å². The highest BCUT2D eigenvalue weighted by Crippen LogP contribution is 2.72. The van der Waals surface area contributed by atoms with Gasteiger partial charge in [-0.2, -0.15) is 5.26 Å². The van der Waals surface area contributed by atoms with Crippen LogP contribution in [0.15, 0.2) is 12.2 Å². The van der Waals surface area contributed by atoms with E-state index in [0.717, 1.165) is 6.42 Å². The smallest absolute Gasteiger partial charge is 0.138 e. The Bertz CT molecular complexity index is 310. The molecule has 3 aliphatic carbocycles. The summed E-state index contributed by atoms with van der Waals surface area (Å²) in [5, 5.41) is 8.99. The number of nitriles is 1. The topological polar surface area (TPSA) is 23.8 Å². The molecule has 0 N–H and O–H groups in total. The summed E-state index contributed by atoms with van der Waals surface area (Å²) >= 11 is 6.26. The summed E-state index contributed by atoms with van der Waals surface area (Å²) in [4.78, 5) is -0.560. The minimum absolute atomic E-state index is 0.349. The van der Waals surface area contributed by atoms with E-state index in [9.17, 15) is 0 Å². The predicted octanol–water partition coefficient (Wildman–Crippen LogP) is 2.47. The lowest BCUT2D eigenvalue weighted by Crippen LogP contribution is -2.26. The van der Waals surface area contributed by atoms with Gasteiger partial charge in [0.1, 0.15) is 4.87 Å². The molecule has 0 aromatic heterocycles. The van der Waals surface area contributed by atoms with Crippen molar-refractivity contribution in [2.45, 2.75) is 24.1 Å². The molecule has 0 amide bonds. The van der Waals surface area contributed by atoms with E-state index in [1.807, 2.05) is 0 Å². The summed E-state index contributed by atoms with van der Waals surface area (Å²) in [6, 6.07) is 2.28. The van der Waals surface area contributed by atoms with E-state index in [4.69, 9.17) is 16.9 Å². The first-order chi connectivity index (χ1) is 5.71. The quantitative estimate of drug-likeness (QED) is 0.414. The van der Waals surface area contributed by atoms with Crippen LogP contribution in [0.25, 0.3) is 0 Å². The Labute approximate surface area is 77.0 Å². The van der Waals surface area contributed by atoms with Crippen molar-refractivity contribution in [3.05, 3.63) is 12.2 Å². The van der Waals surface area contributed by atoms with Crippen molar-refractivity contribution in [3.63, 3.8) is 0 Å². The van der Waals surface area contributed by atoms with Gasteiger partial charge in [0.25, 0.3) is 0 Å². The predicted molar refractivity (Wildman–Crippen MR) is 46.6 cm³/mol. The number of nitrogens with zero attached hydrogens (tertiary/aromatic N) is 1. The number of alkyl halides is 1. The molecule has 2 heteroatoms. The Kier molecular flexibility index (Phi) is 1.00. The molecule has 0 unspecified atom stereocenters. The van der Waals surface area contributed by atoms with Gasteiger partial charge in [0.2, 0.25) is 0 Å². The van der Waals surface area contributed by atoms with Crippen molar-refractivity contribution in [1.29, 1.82) is 5.26 Å². The minimum Gasteiger partial charge on any atom is -0.196 e. The van der Waals surface area contributed by atoms with E-state index in [2.05, 4.69) is 18.2 Å². The number of rotatable bonds is 0. The summed E-state index contributed by atoms with van der Waals surface area (Å²) in [6.45, 7) is 0. The molecule has 0 aliphatic heterocycles. The zero-order valence-corrected chi connectivity index (χ0v) is 7.51. The highest BCUT2D eigenvalue weighted by molar-refractivity contribution is 6.26. The molecule has 12 heavy (non-hydrogen) atoms. The molecule has 1 spiro atoms. The van der Waals surface area contributed by atoms with Gasteiger partial charge in [-0.1, -0.05) is 12.2 Å². The van der Waals surface area contributed by atoms with Crippen molar-refractivity contribution in [1.82, 2.24) is 0 Å². The van der Waals surface area contributed by atoms with Crippen molar-refractivity contribution in [3.8, 4) is 6.07 Å². The van der Waals surface area contributed by atoms with Crippen LogP contribution in [0, 0.1) is 28.6 Å². The van der Waals surface area contributed by atoms with Gasteiger partial charge in [-0.15, -0.1) is 11.6 Å². The molecule has 3 rings (SSSR count). The van der Waals surface area contributed by atoms with E-state index in [1.54, 1.807) is 0 Å². The lowest BCUT2D eigenvalue weighted by atomic mass is 9.89. The molecular formula is C10H10ClN. The van der Waals surface area contributed by atoms with Crippen molar-refractivity contribution < 1.29 is 0 Å². The molecule has 2 saturated carbocycles. The Morgan fingerprint density at radius 3 is 2.58 bits per heavy atom. The van der Waals surface area contributed by atoms with Crippen molar-refractivity contribution in [2.24, 2.45) is 17.3 Å². The van der Waals surface area contributed by atoms with Gasteiger partial charge < -0.3 is 0 Å². The molecule has 2 bridgehead atoms. The van der Waals surface area contributed by atoms with E-state index in [1.165, 1.54) is 12.8 Å². The van der Waals surface area contributed by atoms with Gasteiger partial charge in [0, 0.05) is 5.92 Å². The molecule has 3 atom stereocenters. The van der Waals surface area contributed by atoms with Gasteiger partial charge >= 0.3 is 0 Å². The van der Waals surface area contributed by atoms with Crippen LogP contribution in [-0.2, 0) is 0 Å². The molecule has 62 valence electrons. The Morgan fingerprint density at radius 1 is 1.42 bits per heavy atom. The fourth-order valence-corrected chi connectivity index (χ4v) is 3.58. The van der Waals surface area contributed by atoms with Crippen LogP contribution in [0.3, 0.4) is 0 Å². The van der Waals surface area contributed by atoms with Crippen LogP contribution < -0.4 is 0 Å². The van der Waals surface area contributed by atoms with Crippen LogP contribution in [0.2, 0.25) is 0 Å². The number of halogens is 1. The van der Waals surface area contributed by atoms with E-state index in [-0.39, 0.29) is 0 Å². The van der Waals surface area contributed by atoms with E-state index >= 15 is 0 Å². The van der Waals surface area contributed by atoms with Crippen LogP contribution in [-0.4, -0.2) is 4.87 Å². The molecular weight excluding hydrogens is 170 g/mol. The molecule has 1 nitrogen and oxygen atoms in total. The van der Waals surface area contributed by atoms with Gasteiger partial charge in [0.15, 0.2) is 0 Å². The average molecular weight is 180 g/mol. The Balaban J connectivity index is 2.09. The Hall–Kier alpha value is -0.480. The Morgan fingerprint density at radius 2 is 2.17 bits per heavy atom. The molecule has 3 aliphatic rings. The summed E-state index contributed by atoms with van der Waals surface area (Å²) in [6.07, 6.45) is 7.90. The standard InChI is InChI=1S/C10H10ClN/c11-10(6-12)5-7-1-2-8(10)9(7)3-4-9/h1-2,7-8H,3-5H2/t7-,8-,10-/m1/s1. The maximum atomic E-state index is 8.99. The molecule has 0 saturated heterocycles. The monoisotopic (exact) mass is 179 g/mol. The fourth-order valence-electron chi connectivity index (χ4n) is 3.13. The minimum atomic E-state index is -0.560. The number of hydrogen-bond donors (Lipinski definition) is 0. The second-order valence-corrected chi connectivity index (χ2v) is 5.06. The van der Waals surface area contributed by atoms with Crippen LogP contribution in [0.1, 0.15) is 19.3 Å². The molecule has 0 heterocycles. The highest BCUT2D eigenvalue weighted by atomic mass is 35.5.